The molecule has 0 N–H and O–H groups in total. The monoisotopic (exact) mass is 382 g/mol. The molecule has 3 heterocycles. The van der Waals surface area contributed by atoms with Crippen LogP contribution in [0.15, 0.2) is 48.9 Å². The van der Waals surface area contributed by atoms with Gasteiger partial charge in [0.2, 0.25) is 5.95 Å². The van der Waals surface area contributed by atoms with Gasteiger partial charge >= 0.3 is 0 Å². The third kappa shape index (κ3) is 3.50. The summed E-state index contributed by atoms with van der Waals surface area (Å²) < 4.78 is 1.76. The van der Waals surface area contributed by atoms with Crippen molar-refractivity contribution in [3.8, 4) is 5.69 Å². The molecule has 1 saturated heterocycles. The Morgan fingerprint density at radius 3 is 2.37 bits per heavy atom. The van der Waals surface area contributed by atoms with Gasteiger partial charge in [-0.3, -0.25) is 4.79 Å². The number of anilines is 1. The van der Waals surface area contributed by atoms with E-state index < -0.39 is 0 Å². The third-order valence-corrected chi connectivity index (χ3v) is 4.97. The van der Waals surface area contributed by atoms with E-state index in [2.05, 4.69) is 20.0 Å². The summed E-state index contributed by atoms with van der Waals surface area (Å²) in [6, 6.07) is 9.18. The molecule has 0 radical (unpaired) electrons. The largest absolute Gasteiger partial charge is 0.337 e. The molecule has 3 aromatic rings. The lowest BCUT2D eigenvalue weighted by Crippen LogP contribution is -2.49. The Hall–Kier alpha value is -2.93. The van der Waals surface area contributed by atoms with Crippen LogP contribution in [-0.4, -0.2) is 56.7 Å². The van der Waals surface area contributed by atoms with E-state index in [4.69, 9.17) is 11.6 Å². The minimum atomic E-state index is 0.00124. The average molecular weight is 383 g/mol. The summed E-state index contributed by atoms with van der Waals surface area (Å²) in [7, 11) is 0. The maximum Gasteiger partial charge on any atom is 0.257 e. The molecule has 1 amide bonds. The molecule has 0 spiro atoms. The van der Waals surface area contributed by atoms with E-state index in [1.807, 2.05) is 36.1 Å². The predicted octanol–water partition coefficient (Wildman–Crippen LogP) is 2.59. The number of carbonyl (C=O) groups excluding carboxylic acids is 1. The number of amides is 1. The second-order valence-corrected chi connectivity index (χ2v) is 6.80. The Bertz CT molecular complexity index is 933. The minimum absolute atomic E-state index is 0.00124. The quantitative estimate of drug-likeness (QED) is 0.696. The van der Waals surface area contributed by atoms with Crippen molar-refractivity contribution in [3.05, 3.63) is 65.2 Å². The highest BCUT2D eigenvalue weighted by atomic mass is 35.5. The number of rotatable bonds is 3. The van der Waals surface area contributed by atoms with E-state index in [1.165, 1.54) is 0 Å². The van der Waals surface area contributed by atoms with Crippen molar-refractivity contribution in [2.24, 2.45) is 0 Å². The highest BCUT2D eigenvalue weighted by Crippen LogP contribution is 2.19. The summed E-state index contributed by atoms with van der Waals surface area (Å²) >= 11 is 5.95. The lowest BCUT2D eigenvalue weighted by Gasteiger charge is -2.34. The maximum absolute atomic E-state index is 13.0. The highest BCUT2D eigenvalue weighted by Gasteiger charge is 2.26. The van der Waals surface area contributed by atoms with Gasteiger partial charge in [-0.25, -0.2) is 14.6 Å². The zero-order chi connectivity index (χ0) is 18.8. The molecule has 0 unspecified atom stereocenters. The molecule has 27 heavy (non-hydrogen) atoms. The Morgan fingerprint density at radius 1 is 1.04 bits per heavy atom. The van der Waals surface area contributed by atoms with Crippen LogP contribution < -0.4 is 4.90 Å². The summed E-state index contributed by atoms with van der Waals surface area (Å²) in [4.78, 5) is 25.5. The normalized spacial score (nSPS) is 14.4. The van der Waals surface area contributed by atoms with Crippen LogP contribution in [0.4, 0.5) is 5.95 Å². The van der Waals surface area contributed by atoms with Crippen molar-refractivity contribution in [2.75, 3.05) is 31.1 Å². The minimum Gasteiger partial charge on any atom is -0.337 e. The van der Waals surface area contributed by atoms with E-state index in [1.54, 1.807) is 29.3 Å². The molecule has 4 rings (SSSR count). The zero-order valence-electron chi connectivity index (χ0n) is 14.9. The lowest BCUT2D eigenvalue weighted by atomic mass is 10.2. The van der Waals surface area contributed by atoms with Crippen molar-refractivity contribution in [3.63, 3.8) is 0 Å². The first-order valence-electron chi connectivity index (χ1n) is 8.75. The molecule has 8 heteroatoms. The number of halogens is 1. The first-order valence-corrected chi connectivity index (χ1v) is 9.13. The van der Waals surface area contributed by atoms with Crippen LogP contribution in [0.2, 0.25) is 5.02 Å². The lowest BCUT2D eigenvalue weighted by molar-refractivity contribution is 0.0745. The second-order valence-electron chi connectivity index (χ2n) is 6.36. The number of piperazine rings is 1. The third-order valence-electron chi connectivity index (χ3n) is 4.71. The fraction of sp³-hybridized carbons (Fsp3) is 0.263. The summed E-state index contributed by atoms with van der Waals surface area (Å²) in [5.41, 5.74) is 2.31. The molecule has 0 saturated carbocycles. The van der Waals surface area contributed by atoms with Crippen LogP contribution in [0.1, 0.15) is 16.1 Å². The van der Waals surface area contributed by atoms with Crippen molar-refractivity contribution in [1.29, 1.82) is 0 Å². The van der Waals surface area contributed by atoms with Crippen LogP contribution in [0.5, 0.6) is 0 Å². The molecule has 1 aliphatic heterocycles. The van der Waals surface area contributed by atoms with Crippen LogP contribution in [-0.2, 0) is 0 Å². The van der Waals surface area contributed by atoms with Crippen LogP contribution in [0, 0.1) is 6.92 Å². The molecular formula is C19H19ClN6O. The van der Waals surface area contributed by atoms with Crippen LogP contribution >= 0.6 is 11.6 Å². The van der Waals surface area contributed by atoms with Gasteiger partial charge < -0.3 is 9.80 Å². The van der Waals surface area contributed by atoms with Crippen molar-refractivity contribution in [2.45, 2.75) is 6.92 Å². The van der Waals surface area contributed by atoms with E-state index in [9.17, 15) is 4.79 Å². The molecule has 1 aromatic carbocycles. The van der Waals surface area contributed by atoms with E-state index >= 15 is 0 Å². The molecule has 0 atom stereocenters. The number of carbonyl (C=O) groups is 1. The number of hydrogen-bond donors (Lipinski definition) is 0. The fourth-order valence-corrected chi connectivity index (χ4v) is 3.32. The van der Waals surface area contributed by atoms with Gasteiger partial charge in [0, 0.05) is 43.6 Å². The van der Waals surface area contributed by atoms with Crippen LogP contribution in [0.3, 0.4) is 0 Å². The number of benzene rings is 1. The molecule has 1 fully saturated rings. The first kappa shape index (κ1) is 17.5. The fourth-order valence-electron chi connectivity index (χ4n) is 3.20. The van der Waals surface area contributed by atoms with Gasteiger partial charge in [-0.1, -0.05) is 11.6 Å². The predicted molar refractivity (Wildman–Crippen MR) is 103 cm³/mol. The van der Waals surface area contributed by atoms with Gasteiger partial charge in [0.05, 0.1) is 23.1 Å². The number of aromatic nitrogens is 4. The molecule has 0 aliphatic carbocycles. The van der Waals surface area contributed by atoms with Crippen molar-refractivity contribution < 1.29 is 4.79 Å². The van der Waals surface area contributed by atoms with E-state index in [0.29, 0.717) is 42.7 Å². The van der Waals surface area contributed by atoms with Gasteiger partial charge in [-0.2, -0.15) is 5.10 Å². The van der Waals surface area contributed by atoms with Crippen molar-refractivity contribution in [1.82, 2.24) is 24.6 Å². The summed E-state index contributed by atoms with van der Waals surface area (Å²) in [5, 5.41) is 5.06. The first-order chi connectivity index (χ1) is 13.1. The average Bonchev–Trinajstić information content (AvgIpc) is 3.10. The Morgan fingerprint density at radius 2 is 1.70 bits per heavy atom. The summed E-state index contributed by atoms with van der Waals surface area (Å²) in [5.74, 6) is 0.706. The SMILES string of the molecule is Cc1c(C(=O)N2CCN(c3ncccn3)CC2)cnn1-c1ccc(Cl)cc1. The molecule has 1 aliphatic rings. The maximum atomic E-state index is 13.0. The molecule has 7 nitrogen and oxygen atoms in total. The van der Waals surface area contributed by atoms with Gasteiger partial charge in [0.25, 0.3) is 5.91 Å². The van der Waals surface area contributed by atoms with Gasteiger partial charge in [0.1, 0.15) is 0 Å². The Kier molecular flexibility index (Phi) is 4.77. The molecule has 138 valence electrons. The van der Waals surface area contributed by atoms with Crippen molar-refractivity contribution >= 4 is 23.5 Å². The smallest absolute Gasteiger partial charge is 0.257 e. The highest BCUT2D eigenvalue weighted by molar-refractivity contribution is 6.30. The van der Waals surface area contributed by atoms with Gasteiger partial charge in [-0.05, 0) is 37.3 Å². The molecule has 2 aromatic heterocycles. The van der Waals surface area contributed by atoms with E-state index in [-0.39, 0.29) is 5.91 Å². The molecule has 0 bridgehead atoms. The summed E-state index contributed by atoms with van der Waals surface area (Å²) in [6.45, 7) is 4.58. The number of hydrogen-bond acceptors (Lipinski definition) is 5. The van der Waals surface area contributed by atoms with Gasteiger partial charge in [0.15, 0.2) is 0 Å². The van der Waals surface area contributed by atoms with E-state index in [0.717, 1.165) is 11.4 Å². The second kappa shape index (κ2) is 7.36. The van der Waals surface area contributed by atoms with Gasteiger partial charge in [-0.15, -0.1) is 0 Å². The Balaban J connectivity index is 1.47. The molecular weight excluding hydrogens is 364 g/mol. The number of nitrogens with zero attached hydrogens (tertiary/aromatic N) is 6. The summed E-state index contributed by atoms with van der Waals surface area (Å²) in [6.07, 6.45) is 5.10. The Labute approximate surface area is 162 Å². The topological polar surface area (TPSA) is 67.2 Å². The standard InChI is InChI=1S/C19H19ClN6O/c1-14-17(13-23-26(14)16-5-3-15(20)4-6-16)18(27)24-9-11-25(12-10-24)19-21-7-2-8-22-19/h2-8,13H,9-12H2,1H3. The zero-order valence-corrected chi connectivity index (χ0v) is 15.7. The van der Waals surface area contributed by atoms with Crippen LogP contribution in [0.25, 0.3) is 5.69 Å².